The van der Waals surface area contributed by atoms with Gasteiger partial charge in [0.2, 0.25) is 5.91 Å². The summed E-state index contributed by atoms with van der Waals surface area (Å²) in [6.07, 6.45) is 0. The second kappa shape index (κ2) is 7.65. The summed E-state index contributed by atoms with van der Waals surface area (Å²) in [6, 6.07) is 11.9. The molecule has 0 atom stereocenters. The molecule has 0 saturated carbocycles. The second-order valence-electron chi connectivity index (χ2n) is 5.31. The topological polar surface area (TPSA) is 76.1 Å². The van der Waals surface area contributed by atoms with E-state index in [0.29, 0.717) is 10.8 Å². The molecule has 9 heteroatoms. The van der Waals surface area contributed by atoms with Gasteiger partial charge in [-0.3, -0.25) is 4.79 Å². The number of carbonyl (C=O) groups is 1. The number of hydrogen-bond donors (Lipinski definition) is 1. The van der Waals surface area contributed by atoms with Gasteiger partial charge in [0, 0.05) is 15.4 Å². The van der Waals surface area contributed by atoms with Crippen LogP contribution in [0.15, 0.2) is 63.3 Å². The molecule has 0 saturated heterocycles. The van der Waals surface area contributed by atoms with Crippen molar-refractivity contribution in [3.63, 3.8) is 0 Å². The van der Waals surface area contributed by atoms with Gasteiger partial charge in [0.15, 0.2) is 15.0 Å². The van der Waals surface area contributed by atoms with Gasteiger partial charge in [-0.1, -0.05) is 28.1 Å². The van der Waals surface area contributed by atoms with Gasteiger partial charge in [-0.2, -0.15) is 0 Å². The molecule has 0 radical (unpaired) electrons. The van der Waals surface area contributed by atoms with Crippen LogP contribution in [0.2, 0.25) is 0 Å². The van der Waals surface area contributed by atoms with E-state index >= 15 is 0 Å². The monoisotopic (exact) mass is 454 g/mol. The zero-order valence-corrected chi connectivity index (χ0v) is 16.4. The lowest BCUT2D eigenvalue weighted by molar-refractivity contribution is -0.113. The molecule has 0 spiro atoms. The van der Waals surface area contributed by atoms with Crippen molar-refractivity contribution < 1.29 is 17.6 Å². The number of nitrogens with zero attached hydrogens (tertiary/aromatic N) is 1. The Morgan fingerprint density at radius 3 is 2.42 bits per heavy atom. The molecule has 1 aromatic heterocycles. The van der Waals surface area contributed by atoms with Gasteiger partial charge in [-0.15, -0.1) is 11.3 Å². The van der Waals surface area contributed by atoms with Crippen LogP contribution in [0.1, 0.15) is 0 Å². The van der Waals surface area contributed by atoms with Crippen LogP contribution in [0.25, 0.3) is 11.3 Å². The number of halogens is 2. The fraction of sp³-hybridized carbons (Fsp3) is 0.0588. The Bertz CT molecular complexity index is 1030. The number of amides is 1. The Labute approximate surface area is 162 Å². The summed E-state index contributed by atoms with van der Waals surface area (Å²) in [6.45, 7) is 0. The summed E-state index contributed by atoms with van der Waals surface area (Å²) < 4.78 is 38.2. The Kier molecular flexibility index (Phi) is 5.49. The van der Waals surface area contributed by atoms with E-state index in [2.05, 4.69) is 26.2 Å². The molecule has 5 nitrogen and oxygen atoms in total. The maximum atomic E-state index is 12.9. The van der Waals surface area contributed by atoms with Gasteiger partial charge < -0.3 is 5.32 Å². The molecule has 2 aromatic carbocycles. The van der Waals surface area contributed by atoms with Crippen LogP contribution in [-0.2, 0) is 14.6 Å². The highest BCUT2D eigenvalue weighted by molar-refractivity contribution is 9.10. The van der Waals surface area contributed by atoms with Crippen LogP contribution in [0.3, 0.4) is 0 Å². The number of nitrogens with one attached hydrogen (secondary N) is 1. The number of hydrogen-bond acceptors (Lipinski definition) is 5. The Morgan fingerprint density at radius 1 is 1.12 bits per heavy atom. The molecular formula is C17H12BrFN2O3S2. The summed E-state index contributed by atoms with van der Waals surface area (Å²) in [7, 11) is -3.85. The molecule has 1 heterocycles. The number of benzene rings is 2. The van der Waals surface area contributed by atoms with Crippen LogP contribution >= 0.6 is 27.3 Å². The van der Waals surface area contributed by atoms with Crippen molar-refractivity contribution in [2.45, 2.75) is 4.90 Å². The quantitative estimate of drug-likeness (QED) is 0.588. The minimum Gasteiger partial charge on any atom is -0.301 e. The molecule has 1 N–H and O–H groups in total. The van der Waals surface area contributed by atoms with Crippen molar-refractivity contribution >= 4 is 48.1 Å². The molecule has 0 fully saturated rings. The molecule has 0 aliphatic rings. The molecule has 26 heavy (non-hydrogen) atoms. The van der Waals surface area contributed by atoms with Crippen LogP contribution in [0.5, 0.6) is 0 Å². The van der Waals surface area contributed by atoms with Gasteiger partial charge in [-0.25, -0.2) is 17.8 Å². The van der Waals surface area contributed by atoms with Crippen molar-refractivity contribution in [3.8, 4) is 11.3 Å². The van der Waals surface area contributed by atoms with Crippen molar-refractivity contribution in [1.82, 2.24) is 4.98 Å². The second-order valence-corrected chi connectivity index (χ2v) is 9.07. The van der Waals surface area contributed by atoms with Crippen LogP contribution in [0.4, 0.5) is 9.52 Å². The minimum absolute atomic E-state index is 0.108. The van der Waals surface area contributed by atoms with E-state index in [1.807, 2.05) is 24.3 Å². The standard InChI is InChI=1S/C17H12BrFN2O3S2/c18-12-3-1-11(2-4-12)15-9-25-17(20-15)21-16(22)10-26(23,24)14-7-5-13(19)6-8-14/h1-9H,10H2,(H,20,21,22). The lowest BCUT2D eigenvalue weighted by atomic mass is 10.2. The van der Waals surface area contributed by atoms with Gasteiger partial charge >= 0.3 is 0 Å². The molecule has 3 aromatic rings. The Balaban J connectivity index is 1.68. The third-order valence-corrected chi connectivity index (χ3v) is 6.30. The average Bonchev–Trinajstić information content (AvgIpc) is 3.03. The average molecular weight is 455 g/mol. The molecular weight excluding hydrogens is 443 g/mol. The number of anilines is 1. The summed E-state index contributed by atoms with van der Waals surface area (Å²) in [5.41, 5.74) is 1.56. The van der Waals surface area contributed by atoms with Gasteiger partial charge in [0.05, 0.1) is 10.6 Å². The zero-order chi connectivity index (χ0) is 18.7. The van der Waals surface area contributed by atoms with Crippen molar-refractivity contribution in [1.29, 1.82) is 0 Å². The van der Waals surface area contributed by atoms with Gasteiger partial charge in [-0.05, 0) is 36.4 Å². The van der Waals surface area contributed by atoms with E-state index in [4.69, 9.17) is 0 Å². The number of sulfone groups is 1. The zero-order valence-electron chi connectivity index (χ0n) is 13.1. The normalized spacial score (nSPS) is 11.3. The van der Waals surface area contributed by atoms with Crippen LogP contribution in [0, 0.1) is 5.82 Å². The maximum absolute atomic E-state index is 12.9. The summed E-state index contributed by atoms with van der Waals surface area (Å²) in [5, 5.41) is 4.57. The number of aromatic nitrogens is 1. The fourth-order valence-corrected chi connectivity index (χ4v) is 4.27. The molecule has 3 rings (SSSR count). The van der Waals surface area contributed by atoms with E-state index in [-0.39, 0.29) is 4.90 Å². The first-order valence-corrected chi connectivity index (χ1v) is 10.7. The van der Waals surface area contributed by atoms with Crippen molar-refractivity contribution in [3.05, 3.63) is 64.2 Å². The largest absolute Gasteiger partial charge is 0.301 e. The third-order valence-electron chi connectivity index (χ3n) is 3.38. The number of carbonyl (C=O) groups excluding carboxylic acids is 1. The summed E-state index contributed by atoms with van der Waals surface area (Å²) in [5.74, 6) is -1.99. The first-order chi connectivity index (χ1) is 12.3. The van der Waals surface area contributed by atoms with Gasteiger partial charge in [0.1, 0.15) is 11.6 Å². The van der Waals surface area contributed by atoms with E-state index in [1.54, 1.807) is 5.38 Å². The van der Waals surface area contributed by atoms with Gasteiger partial charge in [0.25, 0.3) is 0 Å². The fourth-order valence-electron chi connectivity index (χ4n) is 2.14. The third kappa shape index (κ3) is 4.54. The molecule has 0 aliphatic heterocycles. The SMILES string of the molecule is O=C(CS(=O)(=O)c1ccc(F)cc1)Nc1nc(-c2ccc(Br)cc2)cs1. The molecule has 0 unspecified atom stereocenters. The highest BCUT2D eigenvalue weighted by atomic mass is 79.9. The van der Waals surface area contributed by atoms with Crippen molar-refractivity contribution in [2.24, 2.45) is 0 Å². The highest BCUT2D eigenvalue weighted by Crippen LogP contribution is 2.26. The molecule has 1 amide bonds. The van der Waals surface area contributed by atoms with E-state index in [9.17, 15) is 17.6 Å². The molecule has 0 aliphatic carbocycles. The Hall–Kier alpha value is -2.10. The summed E-state index contributed by atoms with van der Waals surface area (Å²) in [4.78, 5) is 16.2. The lowest BCUT2D eigenvalue weighted by Crippen LogP contribution is -2.23. The predicted octanol–water partition coefficient (Wildman–Crippen LogP) is 4.12. The first kappa shape index (κ1) is 18.7. The maximum Gasteiger partial charge on any atom is 0.241 e. The minimum atomic E-state index is -3.85. The van der Waals surface area contributed by atoms with E-state index in [0.717, 1.165) is 34.3 Å². The van der Waals surface area contributed by atoms with Crippen LogP contribution in [-0.4, -0.2) is 25.1 Å². The molecule has 0 bridgehead atoms. The highest BCUT2D eigenvalue weighted by Gasteiger charge is 2.20. The van der Waals surface area contributed by atoms with Crippen LogP contribution < -0.4 is 5.32 Å². The van der Waals surface area contributed by atoms with E-state index in [1.165, 1.54) is 11.3 Å². The van der Waals surface area contributed by atoms with Crippen molar-refractivity contribution in [2.75, 3.05) is 11.1 Å². The number of rotatable bonds is 5. The lowest BCUT2D eigenvalue weighted by Gasteiger charge is -2.04. The first-order valence-electron chi connectivity index (χ1n) is 7.33. The predicted molar refractivity (Wildman–Crippen MR) is 102 cm³/mol. The van der Waals surface area contributed by atoms with E-state index < -0.39 is 27.3 Å². The molecule has 134 valence electrons. The summed E-state index contributed by atoms with van der Waals surface area (Å²) >= 11 is 4.56. The Morgan fingerprint density at radius 2 is 1.77 bits per heavy atom. The number of thiazole rings is 1. The smallest absolute Gasteiger partial charge is 0.241 e.